The number of hydrogen-bond donors (Lipinski definition) is 6. The first-order valence-corrected chi connectivity index (χ1v) is 14.2. The van der Waals surface area contributed by atoms with Crippen molar-refractivity contribution in [1.82, 2.24) is 9.80 Å². The van der Waals surface area contributed by atoms with Gasteiger partial charge in [0.1, 0.15) is 22.8 Å². The number of carbonyl (C=O) groups is 4. The Bertz CT molecular complexity index is 1620. The fourth-order valence-electron chi connectivity index (χ4n) is 6.71. The van der Waals surface area contributed by atoms with E-state index in [1.54, 1.807) is 63.4 Å². The van der Waals surface area contributed by atoms with Gasteiger partial charge in [0.2, 0.25) is 5.78 Å². The number of amides is 2. The van der Waals surface area contributed by atoms with Crippen LogP contribution < -0.4 is 11.1 Å². The molecule has 3 aliphatic rings. The molecule has 0 spiro atoms. The van der Waals surface area contributed by atoms with Crippen LogP contribution in [0.15, 0.2) is 64.3 Å². The fraction of sp³-hybridized carbons (Fsp3) is 0.333. The van der Waals surface area contributed by atoms with Crippen molar-refractivity contribution >= 4 is 45.9 Å². The first-order valence-electron chi connectivity index (χ1n) is 13.4. The van der Waals surface area contributed by atoms with Gasteiger partial charge in [0.15, 0.2) is 11.4 Å². The monoisotopic (exact) mass is 608 g/mol. The molecule has 3 unspecified atom stereocenters. The zero-order valence-electron chi connectivity index (χ0n) is 23.9. The molecule has 3 aliphatic carbocycles. The highest BCUT2D eigenvalue weighted by Crippen LogP contribution is 2.57. The summed E-state index contributed by atoms with van der Waals surface area (Å²) in [6.45, 7) is 0. The second-order valence-electron chi connectivity index (χ2n) is 11.3. The number of anilines is 1. The Hall–Kier alpha value is -4.17. The van der Waals surface area contributed by atoms with E-state index < -0.39 is 75.1 Å². The number of primary amides is 1. The lowest BCUT2D eigenvalue weighted by Crippen LogP contribution is -2.66. The smallest absolute Gasteiger partial charge is 0.288 e. The molecule has 2 aromatic carbocycles. The minimum absolute atomic E-state index is 0.0233. The molecule has 0 radical (unpaired) electrons. The first-order chi connectivity index (χ1) is 20.2. The van der Waals surface area contributed by atoms with Gasteiger partial charge >= 0.3 is 0 Å². The summed E-state index contributed by atoms with van der Waals surface area (Å²) in [5.41, 5.74) is 1.76. The number of ketones is 2. The Morgan fingerprint density at radius 3 is 2.19 bits per heavy atom. The van der Waals surface area contributed by atoms with E-state index in [4.69, 9.17) is 5.73 Å². The van der Waals surface area contributed by atoms with Gasteiger partial charge in [-0.25, -0.2) is 0 Å². The van der Waals surface area contributed by atoms with E-state index in [-0.39, 0.29) is 23.2 Å². The molecule has 0 heterocycles. The summed E-state index contributed by atoms with van der Waals surface area (Å²) in [5.74, 6) is -7.53. The first kappa shape index (κ1) is 30.3. The average Bonchev–Trinajstić information content (AvgIpc) is 2.92. The molecule has 1 fully saturated rings. The summed E-state index contributed by atoms with van der Waals surface area (Å²) in [6.07, 6.45) is -0.0540. The van der Waals surface area contributed by atoms with Crippen molar-refractivity contribution in [3.05, 3.63) is 70.5 Å². The summed E-state index contributed by atoms with van der Waals surface area (Å²) in [7, 11) is 6.56. The van der Waals surface area contributed by atoms with Gasteiger partial charge in [0, 0.05) is 28.3 Å². The highest BCUT2D eigenvalue weighted by Gasteiger charge is 2.65. The van der Waals surface area contributed by atoms with Gasteiger partial charge < -0.3 is 36.4 Å². The Labute approximate surface area is 251 Å². The number of nitrogens with one attached hydrogen (secondary N) is 1. The van der Waals surface area contributed by atoms with Gasteiger partial charge in [-0.2, -0.15) is 0 Å². The molecule has 12 nitrogen and oxygen atoms in total. The maximum Gasteiger partial charge on any atom is 0.288 e. The van der Waals surface area contributed by atoms with Gasteiger partial charge in [0.05, 0.1) is 17.3 Å². The summed E-state index contributed by atoms with van der Waals surface area (Å²) in [6, 6.07) is 10.1. The standard InChI is InChI=1S/C30H32N4O8S/c1-33(2)21-14-10-11-17(32-29(41)43-13-8-6-5-7-9-13)23(35)18(14)24(36)19-15(21)12-16-22(34(3)4)25(37)20(28(31)40)27(39)30(16,42)26(19)38/h5-11,15-16,21-22,35-36,39,42H,12H2,1-4H3,(H2,31,40)(H,32,41)/t15?,16?,21?,22-,30-/m0/s1. The number of aliphatic hydroxyl groups excluding tert-OH is 2. The number of Topliss-reactive ketones (excluding diaryl/α,β-unsaturated/α-hetero) is 2. The van der Waals surface area contributed by atoms with Crippen molar-refractivity contribution in [1.29, 1.82) is 0 Å². The van der Waals surface area contributed by atoms with Gasteiger partial charge in [0.25, 0.3) is 11.1 Å². The summed E-state index contributed by atoms with van der Waals surface area (Å²) >= 11 is 0.893. The average molecular weight is 609 g/mol. The number of thioether (sulfide) groups is 1. The van der Waals surface area contributed by atoms with Crippen LogP contribution in [-0.2, 0) is 14.4 Å². The molecule has 0 saturated heterocycles. The normalized spacial score (nSPS) is 26.8. The molecule has 7 N–H and O–H groups in total. The second-order valence-corrected chi connectivity index (χ2v) is 12.4. The fourth-order valence-corrected chi connectivity index (χ4v) is 7.38. The van der Waals surface area contributed by atoms with Crippen LogP contribution >= 0.6 is 11.8 Å². The Morgan fingerprint density at radius 2 is 1.60 bits per heavy atom. The molecule has 5 atom stereocenters. The van der Waals surface area contributed by atoms with Crippen molar-refractivity contribution in [3.63, 3.8) is 0 Å². The van der Waals surface area contributed by atoms with E-state index in [2.05, 4.69) is 5.32 Å². The van der Waals surface area contributed by atoms with Crippen LogP contribution in [0.4, 0.5) is 10.5 Å². The second kappa shape index (κ2) is 10.8. The number of nitrogens with two attached hydrogens (primary N) is 1. The number of benzene rings is 2. The van der Waals surface area contributed by atoms with Crippen LogP contribution in [0.3, 0.4) is 0 Å². The van der Waals surface area contributed by atoms with Gasteiger partial charge in [-0.15, -0.1) is 0 Å². The molecule has 5 rings (SSSR count). The zero-order valence-corrected chi connectivity index (χ0v) is 24.7. The zero-order chi connectivity index (χ0) is 31.5. The van der Waals surface area contributed by atoms with Crippen molar-refractivity contribution in [2.45, 2.75) is 29.0 Å². The van der Waals surface area contributed by atoms with Crippen molar-refractivity contribution < 1.29 is 39.6 Å². The lowest BCUT2D eigenvalue weighted by molar-refractivity contribution is -0.154. The van der Waals surface area contributed by atoms with Crippen LogP contribution in [0.5, 0.6) is 5.75 Å². The molecule has 226 valence electrons. The summed E-state index contributed by atoms with van der Waals surface area (Å²) in [5, 5.41) is 47.9. The molecule has 0 bridgehead atoms. The molecule has 1 saturated carbocycles. The molecular formula is C30H32N4O8S. The molecule has 0 aromatic heterocycles. The number of aromatic hydroxyl groups is 1. The molecule has 43 heavy (non-hydrogen) atoms. The maximum absolute atomic E-state index is 14.2. The lowest BCUT2D eigenvalue weighted by atomic mass is 9.56. The Kier molecular flexibility index (Phi) is 7.63. The van der Waals surface area contributed by atoms with Crippen LogP contribution in [0.2, 0.25) is 0 Å². The third kappa shape index (κ3) is 4.59. The molecule has 13 heteroatoms. The minimum Gasteiger partial charge on any atom is -0.508 e. The van der Waals surface area contributed by atoms with E-state index in [0.717, 1.165) is 11.8 Å². The number of carbonyl (C=O) groups excluding carboxylic acids is 4. The van der Waals surface area contributed by atoms with Crippen molar-refractivity contribution in [2.75, 3.05) is 33.5 Å². The number of aliphatic hydroxyl groups is 3. The highest BCUT2D eigenvalue weighted by atomic mass is 32.2. The summed E-state index contributed by atoms with van der Waals surface area (Å²) < 4.78 is 0. The van der Waals surface area contributed by atoms with Gasteiger partial charge in [-0.1, -0.05) is 24.3 Å². The number of likely N-dealkylation sites (N-methyl/N-ethyl adjacent to an activating group) is 1. The molecule has 2 amide bonds. The number of phenolic OH excluding ortho intramolecular Hbond substituents is 1. The van der Waals surface area contributed by atoms with E-state index in [1.807, 2.05) is 6.07 Å². The minimum atomic E-state index is -2.75. The van der Waals surface area contributed by atoms with Crippen molar-refractivity contribution in [2.24, 2.45) is 17.6 Å². The van der Waals surface area contributed by atoms with Crippen LogP contribution in [-0.4, -0.2) is 92.8 Å². The lowest BCUT2D eigenvalue weighted by Gasteiger charge is -2.52. The predicted molar refractivity (Wildman–Crippen MR) is 158 cm³/mol. The Balaban J connectivity index is 1.65. The number of nitrogens with zero attached hydrogens (tertiary/aromatic N) is 2. The van der Waals surface area contributed by atoms with Gasteiger partial charge in [-0.05, 0) is 70.1 Å². The maximum atomic E-state index is 14.2. The van der Waals surface area contributed by atoms with E-state index in [9.17, 15) is 39.6 Å². The molecular weight excluding hydrogens is 576 g/mol. The van der Waals surface area contributed by atoms with Gasteiger partial charge in [-0.3, -0.25) is 24.1 Å². The molecule has 0 aliphatic heterocycles. The van der Waals surface area contributed by atoms with Crippen molar-refractivity contribution in [3.8, 4) is 5.75 Å². The molecule has 2 aromatic rings. The SMILES string of the molecule is CN(C)C1c2ccc(NC(=O)Sc3ccccc3)c(O)c2C(O)=C2C(=O)[C@]3(O)C(O)=C(C(N)=O)C(=O)[C@@H](N(C)C)C3CC21. The topological polar surface area (TPSA) is 194 Å². The quantitative estimate of drug-likeness (QED) is 0.166. The third-order valence-electron chi connectivity index (χ3n) is 8.45. The Morgan fingerprint density at radius 1 is 0.977 bits per heavy atom. The number of rotatable bonds is 5. The largest absolute Gasteiger partial charge is 0.508 e. The van der Waals surface area contributed by atoms with E-state index in [1.165, 1.54) is 11.0 Å². The van der Waals surface area contributed by atoms with E-state index >= 15 is 0 Å². The van der Waals surface area contributed by atoms with Crippen LogP contribution in [0, 0.1) is 11.8 Å². The van der Waals surface area contributed by atoms with Crippen LogP contribution in [0.25, 0.3) is 5.76 Å². The number of phenols is 1. The summed E-state index contributed by atoms with van der Waals surface area (Å²) in [4.78, 5) is 56.4. The number of fused-ring (bicyclic) bond motifs is 3. The highest BCUT2D eigenvalue weighted by molar-refractivity contribution is 8.13. The predicted octanol–water partition coefficient (Wildman–Crippen LogP) is 2.35. The third-order valence-corrected chi connectivity index (χ3v) is 9.25. The number of hydrogen-bond acceptors (Lipinski definition) is 11. The van der Waals surface area contributed by atoms with Crippen LogP contribution in [0.1, 0.15) is 23.6 Å². The van der Waals surface area contributed by atoms with E-state index in [0.29, 0.717) is 10.5 Å².